The van der Waals surface area contributed by atoms with E-state index < -0.39 is 0 Å². The van der Waals surface area contributed by atoms with Gasteiger partial charge < -0.3 is 29.7 Å². The lowest BCUT2D eigenvalue weighted by atomic mass is 10.0. The molecule has 1 aromatic heterocycles. The SMILES string of the molecule is COc1cccc(NC(=O)N(C)C[C@H]2OCc3cnnn3CCCC(=O)N([C@@H](C)CO)C[C@H]2C)c1. The van der Waals surface area contributed by atoms with E-state index in [1.165, 1.54) is 0 Å². The number of benzene rings is 1. The molecular weight excluding hydrogens is 452 g/mol. The second-order valence-electron chi connectivity index (χ2n) is 9.00. The number of amides is 3. The predicted molar refractivity (Wildman–Crippen MR) is 130 cm³/mol. The Labute approximate surface area is 206 Å². The summed E-state index contributed by atoms with van der Waals surface area (Å²) in [4.78, 5) is 29.1. The maximum Gasteiger partial charge on any atom is 0.321 e. The summed E-state index contributed by atoms with van der Waals surface area (Å²) in [6, 6.07) is 6.54. The zero-order valence-corrected chi connectivity index (χ0v) is 20.9. The molecule has 0 bridgehead atoms. The molecule has 3 amide bonds. The molecular formula is C24H36N6O5. The smallest absolute Gasteiger partial charge is 0.321 e. The van der Waals surface area contributed by atoms with Crippen molar-refractivity contribution in [2.24, 2.45) is 5.92 Å². The van der Waals surface area contributed by atoms with Crippen LogP contribution in [0.5, 0.6) is 5.75 Å². The maximum absolute atomic E-state index is 13.0. The van der Waals surface area contributed by atoms with Crippen molar-refractivity contribution in [2.75, 3.05) is 39.2 Å². The lowest BCUT2D eigenvalue weighted by Crippen LogP contribution is -2.48. The number of nitrogens with one attached hydrogen (secondary N) is 1. The highest BCUT2D eigenvalue weighted by atomic mass is 16.5. The average Bonchev–Trinajstić information content (AvgIpc) is 3.30. The number of methoxy groups -OCH3 is 1. The number of fused-ring (bicyclic) bond motifs is 1. The Morgan fingerprint density at radius 1 is 1.43 bits per heavy atom. The molecule has 0 radical (unpaired) electrons. The third kappa shape index (κ3) is 7.15. The van der Waals surface area contributed by atoms with Crippen LogP contribution in [-0.4, -0.2) is 87.8 Å². The fourth-order valence-electron chi connectivity index (χ4n) is 4.02. The molecule has 0 fully saturated rings. The van der Waals surface area contributed by atoms with E-state index in [1.807, 2.05) is 13.8 Å². The lowest BCUT2D eigenvalue weighted by Gasteiger charge is -2.35. The number of urea groups is 1. The number of hydrogen-bond donors (Lipinski definition) is 2. The standard InChI is InChI=1S/C24H36N6O5/c1-17-13-29(18(2)15-31)23(32)9-6-10-30-20(12-25-27-30)16-35-22(17)14-28(3)24(33)26-19-7-5-8-21(11-19)34-4/h5,7-8,11-12,17-18,22,31H,6,9-10,13-16H2,1-4H3,(H,26,33)/t17-,18+,22-/m1/s1. The van der Waals surface area contributed by atoms with Crippen molar-refractivity contribution in [3.05, 3.63) is 36.2 Å². The van der Waals surface area contributed by atoms with Gasteiger partial charge in [0.25, 0.3) is 0 Å². The van der Waals surface area contributed by atoms with Crippen LogP contribution in [0.3, 0.4) is 0 Å². The molecule has 0 unspecified atom stereocenters. The van der Waals surface area contributed by atoms with E-state index in [-0.39, 0.29) is 43.2 Å². The van der Waals surface area contributed by atoms with Gasteiger partial charge in [0.1, 0.15) is 5.75 Å². The van der Waals surface area contributed by atoms with E-state index in [0.717, 1.165) is 5.69 Å². The number of ether oxygens (including phenoxy) is 2. The number of rotatable bonds is 6. The Morgan fingerprint density at radius 3 is 2.97 bits per heavy atom. The van der Waals surface area contributed by atoms with Crippen LogP contribution in [0, 0.1) is 5.92 Å². The van der Waals surface area contributed by atoms with Gasteiger partial charge in [-0.1, -0.05) is 18.2 Å². The van der Waals surface area contributed by atoms with Gasteiger partial charge in [0.2, 0.25) is 5.91 Å². The van der Waals surface area contributed by atoms with E-state index in [1.54, 1.807) is 59.1 Å². The molecule has 0 saturated carbocycles. The minimum absolute atomic E-state index is 0.0245. The predicted octanol–water partition coefficient (Wildman–Crippen LogP) is 1.98. The monoisotopic (exact) mass is 488 g/mol. The molecule has 2 N–H and O–H groups in total. The first kappa shape index (κ1) is 26.4. The second-order valence-corrected chi connectivity index (χ2v) is 9.00. The van der Waals surface area contributed by atoms with Crippen LogP contribution in [0.4, 0.5) is 10.5 Å². The number of carbonyl (C=O) groups excluding carboxylic acids is 2. The van der Waals surface area contributed by atoms with Gasteiger partial charge in [-0.3, -0.25) is 4.79 Å². The second kappa shape index (κ2) is 12.5. The highest BCUT2D eigenvalue weighted by molar-refractivity contribution is 5.89. The zero-order chi connectivity index (χ0) is 25.4. The largest absolute Gasteiger partial charge is 0.497 e. The Hall–Kier alpha value is -3.18. The van der Waals surface area contributed by atoms with Crippen LogP contribution in [-0.2, 0) is 22.7 Å². The Kier molecular flexibility index (Phi) is 9.44. The minimum Gasteiger partial charge on any atom is -0.497 e. The highest BCUT2D eigenvalue weighted by Gasteiger charge is 2.29. The molecule has 1 aliphatic heterocycles. The number of aryl methyl sites for hydroxylation is 1. The van der Waals surface area contributed by atoms with E-state index in [4.69, 9.17) is 9.47 Å². The number of hydrogen-bond acceptors (Lipinski definition) is 7. The van der Waals surface area contributed by atoms with Crippen molar-refractivity contribution in [3.8, 4) is 5.75 Å². The van der Waals surface area contributed by atoms with E-state index in [2.05, 4.69) is 15.6 Å². The first-order chi connectivity index (χ1) is 16.8. The summed E-state index contributed by atoms with van der Waals surface area (Å²) >= 11 is 0. The van der Waals surface area contributed by atoms with Gasteiger partial charge in [0, 0.05) is 50.8 Å². The molecule has 3 atom stereocenters. The van der Waals surface area contributed by atoms with Crippen LogP contribution < -0.4 is 10.1 Å². The summed E-state index contributed by atoms with van der Waals surface area (Å²) in [7, 11) is 3.27. The summed E-state index contributed by atoms with van der Waals surface area (Å²) in [5.74, 6) is 0.516. The van der Waals surface area contributed by atoms with Gasteiger partial charge in [-0.25, -0.2) is 9.48 Å². The Balaban J connectivity index is 1.76. The molecule has 2 aromatic rings. The number of aliphatic hydroxyl groups is 1. The van der Waals surface area contributed by atoms with Crippen molar-refractivity contribution in [2.45, 2.75) is 52.0 Å². The molecule has 11 heteroatoms. The van der Waals surface area contributed by atoms with Crippen molar-refractivity contribution in [3.63, 3.8) is 0 Å². The van der Waals surface area contributed by atoms with Crippen LogP contribution >= 0.6 is 0 Å². The Morgan fingerprint density at radius 2 is 2.23 bits per heavy atom. The van der Waals surface area contributed by atoms with Gasteiger partial charge in [0.15, 0.2) is 0 Å². The number of carbonyl (C=O) groups is 2. The quantitative estimate of drug-likeness (QED) is 0.637. The molecule has 0 aliphatic carbocycles. The van der Waals surface area contributed by atoms with Crippen molar-refractivity contribution in [1.29, 1.82) is 0 Å². The number of aromatic nitrogens is 3. The third-order valence-corrected chi connectivity index (χ3v) is 6.26. The van der Waals surface area contributed by atoms with Crippen LogP contribution in [0.25, 0.3) is 0 Å². The zero-order valence-electron chi connectivity index (χ0n) is 20.9. The first-order valence-electron chi connectivity index (χ1n) is 11.9. The van der Waals surface area contributed by atoms with Gasteiger partial charge in [-0.05, 0) is 25.5 Å². The number of likely N-dealkylation sites (N-methyl/N-ethyl adjacent to an activating group) is 1. The summed E-state index contributed by atoms with van der Waals surface area (Å²) in [6.45, 7) is 5.24. The molecule has 0 saturated heterocycles. The summed E-state index contributed by atoms with van der Waals surface area (Å²) in [5, 5.41) is 20.7. The average molecular weight is 489 g/mol. The summed E-state index contributed by atoms with van der Waals surface area (Å²) in [6.07, 6.45) is 2.26. The number of nitrogens with zero attached hydrogens (tertiary/aromatic N) is 5. The summed E-state index contributed by atoms with van der Waals surface area (Å²) in [5.41, 5.74) is 1.44. The van der Waals surface area contributed by atoms with Gasteiger partial charge in [0.05, 0.1) is 44.4 Å². The Bertz CT molecular complexity index is 983. The van der Waals surface area contributed by atoms with Crippen LogP contribution in [0.2, 0.25) is 0 Å². The molecule has 0 spiro atoms. The maximum atomic E-state index is 13.0. The topological polar surface area (TPSA) is 122 Å². The van der Waals surface area contributed by atoms with E-state index in [0.29, 0.717) is 43.9 Å². The highest BCUT2D eigenvalue weighted by Crippen LogP contribution is 2.20. The normalized spacial score (nSPS) is 20.3. The fraction of sp³-hybridized carbons (Fsp3) is 0.583. The first-order valence-corrected chi connectivity index (χ1v) is 11.9. The van der Waals surface area contributed by atoms with E-state index in [9.17, 15) is 14.7 Å². The van der Waals surface area contributed by atoms with Gasteiger partial charge in [-0.15, -0.1) is 5.10 Å². The summed E-state index contributed by atoms with van der Waals surface area (Å²) < 4.78 is 13.2. The molecule has 2 heterocycles. The number of aliphatic hydroxyl groups excluding tert-OH is 1. The third-order valence-electron chi connectivity index (χ3n) is 6.26. The minimum atomic E-state index is -0.375. The molecule has 35 heavy (non-hydrogen) atoms. The number of anilines is 1. The van der Waals surface area contributed by atoms with Crippen molar-refractivity contribution < 1.29 is 24.2 Å². The molecule has 3 rings (SSSR count). The van der Waals surface area contributed by atoms with Crippen molar-refractivity contribution >= 4 is 17.6 Å². The molecule has 1 aliphatic rings. The molecule has 1 aromatic carbocycles. The van der Waals surface area contributed by atoms with Crippen LogP contribution in [0.15, 0.2) is 30.5 Å². The lowest BCUT2D eigenvalue weighted by molar-refractivity contribution is -0.136. The van der Waals surface area contributed by atoms with Crippen molar-refractivity contribution in [1.82, 2.24) is 24.8 Å². The van der Waals surface area contributed by atoms with Gasteiger partial charge in [-0.2, -0.15) is 0 Å². The van der Waals surface area contributed by atoms with Crippen LogP contribution in [0.1, 0.15) is 32.4 Å². The molecule has 192 valence electrons. The van der Waals surface area contributed by atoms with Gasteiger partial charge >= 0.3 is 6.03 Å². The fourth-order valence-corrected chi connectivity index (χ4v) is 4.02. The van der Waals surface area contributed by atoms with E-state index >= 15 is 0 Å². The molecule has 11 nitrogen and oxygen atoms in total.